The lowest BCUT2D eigenvalue weighted by atomic mass is 9.79. The Balaban J connectivity index is 2.11. The van der Waals surface area contributed by atoms with Crippen LogP contribution in [0.1, 0.15) is 29.4 Å². The van der Waals surface area contributed by atoms with Crippen LogP contribution in [0.4, 0.5) is 0 Å². The molecule has 2 atom stereocenters. The summed E-state index contributed by atoms with van der Waals surface area (Å²) in [7, 11) is 2.73. The van der Waals surface area contributed by atoms with Gasteiger partial charge in [0.1, 0.15) is 0 Å². The van der Waals surface area contributed by atoms with Crippen LogP contribution >= 0.6 is 0 Å². The molecule has 138 valence electrons. The summed E-state index contributed by atoms with van der Waals surface area (Å²) in [6.07, 6.45) is 0.0904. The number of ether oxygens (including phenoxy) is 2. The second-order valence-electron chi connectivity index (χ2n) is 6.40. The lowest BCUT2D eigenvalue weighted by Crippen LogP contribution is -2.24. The largest absolute Gasteiger partial charge is 0.469 e. The minimum atomic E-state index is -0.610. The van der Waals surface area contributed by atoms with E-state index in [0.29, 0.717) is 0 Å². The van der Waals surface area contributed by atoms with E-state index in [1.807, 2.05) is 72.8 Å². The van der Waals surface area contributed by atoms with E-state index in [1.165, 1.54) is 14.2 Å². The molecule has 0 aromatic heterocycles. The van der Waals surface area contributed by atoms with Crippen molar-refractivity contribution in [2.45, 2.75) is 18.3 Å². The molecule has 0 amide bonds. The number of benzene rings is 3. The Morgan fingerprint density at radius 2 is 1.44 bits per heavy atom. The zero-order chi connectivity index (χ0) is 19.2. The first-order chi connectivity index (χ1) is 13.1. The van der Waals surface area contributed by atoms with Crippen molar-refractivity contribution in [3.63, 3.8) is 0 Å². The predicted octanol–water partition coefficient (Wildman–Crippen LogP) is 4.44. The minimum Gasteiger partial charge on any atom is -0.469 e. The van der Waals surface area contributed by atoms with Crippen LogP contribution in [0, 0.1) is 0 Å². The first-order valence-electron chi connectivity index (χ1n) is 8.82. The van der Waals surface area contributed by atoms with Crippen molar-refractivity contribution in [1.29, 1.82) is 0 Å². The lowest BCUT2D eigenvalue weighted by molar-refractivity contribution is -0.144. The van der Waals surface area contributed by atoms with E-state index in [4.69, 9.17) is 9.47 Å². The molecular weight excluding hydrogens is 340 g/mol. The van der Waals surface area contributed by atoms with Gasteiger partial charge in [-0.3, -0.25) is 9.59 Å². The molecule has 0 saturated carbocycles. The molecular formula is C23H22O4. The number of rotatable bonds is 6. The molecule has 0 aliphatic heterocycles. The van der Waals surface area contributed by atoms with Gasteiger partial charge in [-0.1, -0.05) is 72.8 Å². The normalized spacial score (nSPS) is 13.0. The van der Waals surface area contributed by atoms with Crippen molar-refractivity contribution in [2.75, 3.05) is 14.2 Å². The Labute approximate surface area is 158 Å². The van der Waals surface area contributed by atoms with E-state index in [9.17, 15) is 9.59 Å². The molecule has 0 radical (unpaired) electrons. The fraction of sp³-hybridized carbons (Fsp3) is 0.217. The first-order valence-corrected chi connectivity index (χ1v) is 8.82. The Morgan fingerprint density at radius 3 is 2.11 bits per heavy atom. The van der Waals surface area contributed by atoms with Gasteiger partial charge >= 0.3 is 11.9 Å². The molecule has 3 aromatic rings. The zero-order valence-corrected chi connectivity index (χ0v) is 15.4. The Morgan fingerprint density at radius 1 is 0.778 bits per heavy atom. The van der Waals surface area contributed by atoms with Gasteiger partial charge in [-0.25, -0.2) is 0 Å². The van der Waals surface area contributed by atoms with E-state index >= 15 is 0 Å². The van der Waals surface area contributed by atoms with Crippen LogP contribution in [-0.2, 0) is 19.1 Å². The standard InChI is InChI=1S/C23H22O4/c1-26-21(24)15-20(17-9-4-3-5-10-17)22(23(25)27-2)19-13-12-16-8-6-7-11-18(16)14-19/h3-14,20,22H,15H2,1-2H3/t20-,22-/m1/s1. The molecule has 4 nitrogen and oxygen atoms in total. The molecule has 0 saturated heterocycles. The molecule has 0 unspecified atom stereocenters. The highest BCUT2D eigenvalue weighted by Crippen LogP contribution is 2.38. The van der Waals surface area contributed by atoms with Crippen molar-refractivity contribution in [3.05, 3.63) is 83.9 Å². The maximum Gasteiger partial charge on any atom is 0.313 e. The number of carbonyl (C=O) groups is 2. The number of esters is 2. The van der Waals surface area contributed by atoms with Crippen molar-refractivity contribution in [3.8, 4) is 0 Å². The van der Waals surface area contributed by atoms with E-state index in [-0.39, 0.29) is 24.3 Å². The van der Waals surface area contributed by atoms with Gasteiger partial charge in [0.05, 0.1) is 26.6 Å². The van der Waals surface area contributed by atoms with Crippen molar-refractivity contribution in [1.82, 2.24) is 0 Å². The summed E-state index contributed by atoms with van der Waals surface area (Å²) in [5.74, 6) is -1.73. The molecule has 0 aliphatic carbocycles. The quantitative estimate of drug-likeness (QED) is 0.608. The molecule has 0 bridgehead atoms. The zero-order valence-electron chi connectivity index (χ0n) is 15.4. The predicted molar refractivity (Wildman–Crippen MR) is 105 cm³/mol. The Bertz CT molecular complexity index is 933. The van der Waals surface area contributed by atoms with E-state index < -0.39 is 5.92 Å². The highest BCUT2D eigenvalue weighted by Gasteiger charge is 2.34. The summed E-state index contributed by atoms with van der Waals surface area (Å²) in [4.78, 5) is 24.8. The van der Waals surface area contributed by atoms with Crippen LogP contribution in [0.3, 0.4) is 0 Å². The van der Waals surface area contributed by atoms with Crippen LogP contribution in [0.25, 0.3) is 10.8 Å². The summed E-state index contributed by atoms with van der Waals surface area (Å²) in [6.45, 7) is 0. The first kappa shape index (κ1) is 18.6. The van der Waals surface area contributed by atoms with Gasteiger partial charge in [0.15, 0.2) is 0 Å². The van der Waals surface area contributed by atoms with Gasteiger partial charge in [-0.15, -0.1) is 0 Å². The topological polar surface area (TPSA) is 52.6 Å². The molecule has 0 aliphatic rings. The maximum atomic E-state index is 12.8. The molecule has 0 N–H and O–H groups in total. The summed E-state index contributed by atoms with van der Waals surface area (Å²) < 4.78 is 9.99. The Kier molecular flexibility index (Phi) is 5.87. The molecule has 0 fully saturated rings. The van der Waals surface area contributed by atoms with Gasteiger partial charge in [0.2, 0.25) is 0 Å². The van der Waals surface area contributed by atoms with E-state index in [1.54, 1.807) is 0 Å². The minimum absolute atomic E-state index is 0.0904. The van der Waals surface area contributed by atoms with E-state index in [2.05, 4.69) is 0 Å². The molecule has 3 rings (SSSR count). The van der Waals surface area contributed by atoms with Crippen LogP contribution in [0.15, 0.2) is 72.8 Å². The van der Waals surface area contributed by atoms with Crippen LogP contribution in [0.5, 0.6) is 0 Å². The molecule has 4 heteroatoms. The number of carbonyl (C=O) groups excluding carboxylic acids is 2. The highest BCUT2D eigenvalue weighted by atomic mass is 16.5. The highest BCUT2D eigenvalue weighted by molar-refractivity contribution is 5.87. The third-order valence-electron chi connectivity index (χ3n) is 4.83. The average Bonchev–Trinajstić information content (AvgIpc) is 2.73. The van der Waals surface area contributed by atoms with E-state index in [0.717, 1.165) is 21.9 Å². The van der Waals surface area contributed by atoms with Crippen LogP contribution in [-0.4, -0.2) is 26.2 Å². The average molecular weight is 362 g/mol. The summed E-state index contributed by atoms with van der Waals surface area (Å²) >= 11 is 0. The van der Waals surface area contributed by atoms with Crippen molar-refractivity contribution < 1.29 is 19.1 Å². The van der Waals surface area contributed by atoms with Crippen LogP contribution in [0.2, 0.25) is 0 Å². The third-order valence-corrected chi connectivity index (χ3v) is 4.83. The fourth-order valence-electron chi connectivity index (χ4n) is 3.45. The summed E-state index contributed by atoms with van der Waals surface area (Å²) in [5, 5.41) is 2.13. The van der Waals surface area contributed by atoms with Gasteiger partial charge in [-0.05, 0) is 21.9 Å². The van der Waals surface area contributed by atoms with Crippen LogP contribution < -0.4 is 0 Å². The van der Waals surface area contributed by atoms with Crippen molar-refractivity contribution in [2.24, 2.45) is 0 Å². The van der Waals surface area contributed by atoms with Gasteiger partial charge in [0.25, 0.3) is 0 Å². The molecule has 27 heavy (non-hydrogen) atoms. The monoisotopic (exact) mass is 362 g/mol. The second-order valence-corrected chi connectivity index (χ2v) is 6.40. The maximum absolute atomic E-state index is 12.8. The third kappa shape index (κ3) is 4.17. The summed E-state index contributed by atoms with van der Waals surface area (Å²) in [5.41, 5.74) is 1.71. The lowest BCUT2D eigenvalue weighted by Gasteiger charge is -2.25. The smallest absolute Gasteiger partial charge is 0.313 e. The second kappa shape index (κ2) is 8.49. The molecule has 0 heterocycles. The molecule has 3 aromatic carbocycles. The SMILES string of the molecule is COC(=O)C[C@H](c1ccccc1)[C@H](C(=O)OC)c1ccc2ccccc2c1. The van der Waals surface area contributed by atoms with Crippen molar-refractivity contribution >= 4 is 22.7 Å². The fourth-order valence-corrected chi connectivity index (χ4v) is 3.45. The molecule has 0 spiro atoms. The number of hydrogen-bond donors (Lipinski definition) is 0. The number of methoxy groups -OCH3 is 2. The van der Waals surface area contributed by atoms with Gasteiger partial charge in [-0.2, -0.15) is 0 Å². The number of hydrogen-bond acceptors (Lipinski definition) is 4. The number of fused-ring (bicyclic) bond motifs is 1. The Hall–Kier alpha value is -3.14. The van der Waals surface area contributed by atoms with Gasteiger partial charge < -0.3 is 9.47 Å². The van der Waals surface area contributed by atoms with Gasteiger partial charge in [0, 0.05) is 5.92 Å². The summed E-state index contributed by atoms with van der Waals surface area (Å²) in [6, 6.07) is 23.4.